The van der Waals surface area contributed by atoms with Gasteiger partial charge >= 0.3 is 0 Å². The topological polar surface area (TPSA) is 92.3 Å². The minimum absolute atomic E-state index is 0.00774. The van der Waals surface area contributed by atoms with Crippen LogP contribution < -0.4 is 10.6 Å². The van der Waals surface area contributed by atoms with Crippen molar-refractivity contribution in [2.24, 2.45) is 5.73 Å². The van der Waals surface area contributed by atoms with E-state index in [-0.39, 0.29) is 24.0 Å². The molecule has 1 atom stereocenters. The molecule has 6 nitrogen and oxygen atoms in total. The molecule has 0 saturated carbocycles. The molecule has 0 radical (unpaired) electrons. The van der Waals surface area contributed by atoms with Crippen LogP contribution in [0, 0.1) is 11.6 Å². The van der Waals surface area contributed by atoms with Crippen LogP contribution in [0.2, 0.25) is 0 Å². The number of anilines is 1. The molecule has 1 aliphatic rings. The third-order valence-electron chi connectivity index (χ3n) is 3.83. The van der Waals surface area contributed by atoms with Crippen LogP contribution in [0.25, 0.3) is 11.0 Å². The van der Waals surface area contributed by atoms with Crippen molar-refractivity contribution in [1.29, 1.82) is 0 Å². The maximum Gasteiger partial charge on any atom is 0.251 e. The zero-order valence-electron chi connectivity index (χ0n) is 11.6. The third-order valence-corrected chi connectivity index (χ3v) is 3.83. The van der Waals surface area contributed by atoms with Crippen LogP contribution in [0.3, 0.4) is 0 Å². The number of carbonyl (C=O) groups excluding carboxylic acids is 1. The van der Waals surface area contributed by atoms with E-state index in [9.17, 15) is 18.7 Å². The average Bonchev–Trinajstić information content (AvgIpc) is 2.48. The molecule has 8 heteroatoms. The van der Waals surface area contributed by atoms with E-state index in [0.717, 1.165) is 12.1 Å². The van der Waals surface area contributed by atoms with Crippen molar-refractivity contribution >= 4 is 22.8 Å². The zero-order valence-corrected chi connectivity index (χ0v) is 11.6. The Morgan fingerprint density at radius 3 is 2.68 bits per heavy atom. The van der Waals surface area contributed by atoms with Crippen molar-refractivity contribution in [3.8, 4) is 0 Å². The van der Waals surface area contributed by atoms with Crippen molar-refractivity contribution < 1.29 is 18.7 Å². The summed E-state index contributed by atoms with van der Waals surface area (Å²) in [4.78, 5) is 21.3. The number of hydrogen-bond acceptors (Lipinski definition) is 5. The summed E-state index contributed by atoms with van der Waals surface area (Å²) in [5, 5.41) is 10.2. The second-order valence-corrected chi connectivity index (χ2v) is 5.40. The van der Waals surface area contributed by atoms with Crippen LogP contribution in [0.4, 0.5) is 14.6 Å². The molecule has 0 unspecified atom stereocenters. The fourth-order valence-electron chi connectivity index (χ4n) is 2.58. The number of β-amino-alcohol motifs (C(OH)–C–C–N with tert-alkyl or cyclic N) is 1. The van der Waals surface area contributed by atoms with E-state index in [0.29, 0.717) is 18.8 Å². The first-order chi connectivity index (χ1) is 10.4. The standard InChI is InChI=1S/C14H14F2N4O2/c15-8-4-10-11(5-9(8)16)19-12(6-18-10)20-3-1-2-14(22,7-20)13(17)21/h4-6,22H,1-3,7H2,(H2,17,21)/t14-/m1/s1. The summed E-state index contributed by atoms with van der Waals surface area (Å²) in [6, 6.07) is 1.93. The highest BCUT2D eigenvalue weighted by Crippen LogP contribution is 2.26. The number of fused-ring (bicyclic) bond motifs is 1. The number of aromatic nitrogens is 2. The summed E-state index contributed by atoms with van der Waals surface area (Å²) >= 11 is 0. The van der Waals surface area contributed by atoms with Gasteiger partial charge in [0, 0.05) is 18.7 Å². The first kappa shape index (κ1) is 14.6. The van der Waals surface area contributed by atoms with Crippen LogP contribution >= 0.6 is 0 Å². The second kappa shape index (κ2) is 5.13. The van der Waals surface area contributed by atoms with E-state index in [2.05, 4.69) is 9.97 Å². The molecule has 3 rings (SSSR count). The minimum atomic E-state index is -1.62. The number of rotatable bonds is 2. The Balaban J connectivity index is 1.96. The summed E-state index contributed by atoms with van der Waals surface area (Å²) < 4.78 is 26.5. The van der Waals surface area contributed by atoms with Gasteiger partial charge in [0.1, 0.15) is 5.82 Å². The van der Waals surface area contributed by atoms with Gasteiger partial charge in [0.2, 0.25) is 0 Å². The molecule has 1 aliphatic heterocycles. The molecule has 1 aromatic carbocycles. The molecule has 116 valence electrons. The SMILES string of the molecule is NC(=O)[C@@]1(O)CCCN(c2cnc3cc(F)c(F)cc3n2)C1. The summed E-state index contributed by atoms with van der Waals surface area (Å²) in [6.45, 7) is 0.547. The highest BCUT2D eigenvalue weighted by molar-refractivity contribution is 5.84. The van der Waals surface area contributed by atoms with Gasteiger partial charge in [-0.05, 0) is 12.8 Å². The van der Waals surface area contributed by atoms with Gasteiger partial charge in [0.25, 0.3) is 5.91 Å². The number of carbonyl (C=O) groups is 1. The molecule has 1 amide bonds. The van der Waals surface area contributed by atoms with Crippen LogP contribution in [0.15, 0.2) is 18.3 Å². The smallest absolute Gasteiger partial charge is 0.251 e. The molecule has 22 heavy (non-hydrogen) atoms. The maximum atomic E-state index is 13.3. The summed E-state index contributed by atoms with van der Waals surface area (Å²) in [6.07, 6.45) is 2.23. The van der Waals surface area contributed by atoms with Crippen molar-refractivity contribution in [3.63, 3.8) is 0 Å². The van der Waals surface area contributed by atoms with Crippen molar-refractivity contribution in [1.82, 2.24) is 9.97 Å². The molecule has 1 fully saturated rings. The van der Waals surface area contributed by atoms with Crippen LogP contribution in [0.5, 0.6) is 0 Å². The largest absolute Gasteiger partial charge is 0.378 e. The molecular formula is C14H14F2N4O2. The molecule has 3 N–H and O–H groups in total. The summed E-state index contributed by atoms with van der Waals surface area (Å²) in [5.74, 6) is -2.42. The van der Waals surface area contributed by atoms with Crippen LogP contribution in [0.1, 0.15) is 12.8 Å². The predicted molar refractivity (Wildman–Crippen MR) is 75.0 cm³/mol. The first-order valence-corrected chi connectivity index (χ1v) is 6.78. The third kappa shape index (κ3) is 2.45. The summed E-state index contributed by atoms with van der Waals surface area (Å²) in [5.41, 5.74) is 4.03. The number of halogens is 2. The number of primary amides is 1. The molecular weight excluding hydrogens is 294 g/mol. The van der Waals surface area contributed by atoms with E-state index in [1.807, 2.05) is 0 Å². The quantitative estimate of drug-likeness (QED) is 0.853. The highest BCUT2D eigenvalue weighted by Gasteiger charge is 2.39. The van der Waals surface area contributed by atoms with Gasteiger partial charge in [-0.1, -0.05) is 0 Å². The first-order valence-electron chi connectivity index (χ1n) is 6.78. The summed E-state index contributed by atoms with van der Waals surface area (Å²) in [7, 11) is 0. The van der Waals surface area contributed by atoms with E-state index in [1.165, 1.54) is 6.20 Å². The lowest BCUT2D eigenvalue weighted by Crippen LogP contribution is -2.56. The molecule has 1 aromatic heterocycles. The molecule has 0 spiro atoms. The predicted octanol–water partition coefficient (Wildman–Crippen LogP) is 0.725. The Kier molecular flexibility index (Phi) is 3.40. The number of piperidine rings is 1. The lowest BCUT2D eigenvalue weighted by atomic mass is 9.92. The van der Waals surface area contributed by atoms with E-state index >= 15 is 0 Å². The van der Waals surface area contributed by atoms with Gasteiger partial charge < -0.3 is 15.7 Å². The van der Waals surface area contributed by atoms with Crippen molar-refractivity contribution in [3.05, 3.63) is 30.0 Å². The Morgan fingerprint density at radius 1 is 1.32 bits per heavy atom. The lowest BCUT2D eigenvalue weighted by molar-refractivity contribution is -0.137. The number of amides is 1. The fraction of sp³-hybridized carbons (Fsp3) is 0.357. The Hall–Kier alpha value is -2.35. The van der Waals surface area contributed by atoms with Gasteiger partial charge in [-0.15, -0.1) is 0 Å². The second-order valence-electron chi connectivity index (χ2n) is 5.40. The van der Waals surface area contributed by atoms with Gasteiger partial charge in [0.05, 0.1) is 23.8 Å². The lowest BCUT2D eigenvalue weighted by Gasteiger charge is -2.37. The molecule has 2 heterocycles. The van der Waals surface area contributed by atoms with E-state index < -0.39 is 23.1 Å². The van der Waals surface area contributed by atoms with Crippen molar-refractivity contribution in [2.45, 2.75) is 18.4 Å². The zero-order chi connectivity index (χ0) is 15.9. The van der Waals surface area contributed by atoms with Gasteiger partial charge in [-0.3, -0.25) is 9.78 Å². The Labute approximate surface area is 124 Å². The van der Waals surface area contributed by atoms with E-state index in [1.54, 1.807) is 4.90 Å². The van der Waals surface area contributed by atoms with E-state index in [4.69, 9.17) is 5.73 Å². The monoisotopic (exact) mass is 308 g/mol. The average molecular weight is 308 g/mol. The Bertz CT molecular complexity index is 755. The molecule has 2 aromatic rings. The fourth-order valence-corrected chi connectivity index (χ4v) is 2.58. The Morgan fingerprint density at radius 2 is 2.00 bits per heavy atom. The normalized spacial score (nSPS) is 22.0. The number of nitrogens with two attached hydrogens (primary N) is 1. The maximum absolute atomic E-state index is 13.3. The highest BCUT2D eigenvalue weighted by atomic mass is 19.2. The van der Waals surface area contributed by atoms with Crippen LogP contribution in [-0.4, -0.2) is 39.7 Å². The van der Waals surface area contributed by atoms with Gasteiger partial charge in [-0.2, -0.15) is 0 Å². The number of aliphatic hydroxyl groups is 1. The molecule has 0 bridgehead atoms. The van der Waals surface area contributed by atoms with Gasteiger partial charge in [-0.25, -0.2) is 13.8 Å². The van der Waals surface area contributed by atoms with Gasteiger partial charge in [0.15, 0.2) is 17.2 Å². The van der Waals surface area contributed by atoms with Crippen molar-refractivity contribution in [2.75, 3.05) is 18.0 Å². The number of nitrogens with zero attached hydrogens (tertiary/aromatic N) is 3. The molecule has 1 saturated heterocycles. The molecule has 0 aliphatic carbocycles. The van der Waals surface area contributed by atoms with Crippen LogP contribution in [-0.2, 0) is 4.79 Å². The minimum Gasteiger partial charge on any atom is -0.378 e. The number of benzene rings is 1. The number of hydrogen-bond donors (Lipinski definition) is 2.